The van der Waals surface area contributed by atoms with Crippen LogP contribution in [0.25, 0.3) is 0 Å². The van der Waals surface area contributed by atoms with Crippen molar-refractivity contribution in [2.75, 3.05) is 35.2 Å². The highest BCUT2D eigenvalue weighted by Crippen LogP contribution is 2.37. The number of aromatic nitrogens is 2. The van der Waals surface area contributed by atoms with Crippen LogP contribution in [0, 0.1) is 8.99 Å². The summed E-state index contributed by atoms with van der Waals surface area (Å²) in [7, 11) is 0. The summed E-state index contributed by atoms with van der Waals surface area (Å²) in [5.41, 5.74) is 1.93. The minimum absolute atomic E-state index is 0.165. The van der Waals surface area contributed by atoms with Crippen LogP contribution in [0.15, 0.2) is 55.8 Å². The lowest BCUT2D eigenvalue weighted by atomic mass is 9.77. The molecule has 1 aromatic heterocycles. The van der Waals surface area contributed by atoms with Gasteiger partial charge in [-0.25, -0.2) is 4.98 Å². The Labute approximate surface area is 198 Å². The van der Waals surface area contributed by atoms with E-state index in [1.807, 2.05) is 24.3 Å². The summed E-state index contributed by atoms with van der Waals surface area (Å²) < 4.78 is 1.11. The summed E-state index contributed by atoms with van der Waals surface area (Å²) in [6.45, 7) is 12.5. The van der Waals surface area contributed by atoms with Crippen molar-refractivity contribution in [2.45, 2.75) is 32.6 Å². The molecule has 2 aromatic rings. The maximum atomic E-state index is 13.1. The average Bonchev–Trinajstić information content (AvgIpc) is 2.75. The lowest BCUT2D eigenvalue weighted by Gasteiger charge is -2.40. The topological polar surface area (TPSA) is 70.2 Å². The second-order valence-corrected chi connectivity index (χ2v) is 9.42. The van der Waals surface area contributed by atoms with E-state index in [1.54, 1.807) is 12.3 Å². The fourth-order valence-electron chi connectivity index (χ4n) is 3.78. The maximum absolute atomic E-state index is 13.1. The fraction of sp³-hybridized carbons (Fsp3) is 0.375. The van der Waals surface area contributed by atoms with Crippen LogP contribution in [0.2, 0.25) is 0 Å². The van der Waals surface area contributed by atoms with Gasteiger partial charge in [-0.3, -0.25) is 4.79 Å². The van der Waals surface area contributed by atoms with Gasteiger partial charge in [-0.05, 0) is 78.0 Å². The number of halogens is 1. The Kier molecular flexibility index (Phi) is 8.06. The average molecular weight is 531 g/mol. The molecule has 6 nitrogen and oxygen atoms in total. The molecule has 2 N–H and O–H groups in total. The maximum Gasteiger partial charge on any atom is 0.258 e. The highest BCUT2D eigenvalue weighted by atomic mass is 127. The molecule has 0 bridgehead atoms. The zero-order valence-electron chi connectivity index (χ0n) is 18.0. The van der Waals surface area contributed by atoms with E-state index >= 15 is 0 Å². The molecular weight excluding hydrogens is 501 g/mol. The van der Waals surface area contributed by atoms with Crippen LogP contribution in [0.1, 0.15) is 43.0 Å². The van der Waals surface area contributed by atoms with Gasteiger partial charge < -0.3 is 15.5 Å². The molecular formula is C24H30IN5O. The molecule has 0 atom stereocenters. The number of piperidine rings is 1. The molecule has 1 aromatic carbocycles. The van der Waals surface area contributed by atoms with Crippen molar-refractivity contribution < 1.29 is 4.79 Å². The predicted molar refractivity (Wildman–Crippen MR) is 137 cm³/mol. The lowest BCUT2D eigenvalue weighted by Crippen LogP contribution is -2.39. The molecule has 164 valence electrons. The molecule has 0 spiro atoms. The molecule has 2 heterocycles. The molecule has 0 aliphatic carbocycles. The third kappa shape index (κ3) is 6.29. The number of anilines is 3. The molecule has 1 aliphatic rings. The Morgan fingerprint density at radius 2 is 2.03 bits per heavy atom. The van der Waals surface area contributed by atoms with E-state index in [0.717, 1.165) is 48.0 Å². The monoisotopic (exact) mass is 531 g/mol. The standard InChI is InChI=1S/C24H30IN5O/c1-4-6-13-26-23-27-14-9-21(29-23)28-22(31)19-8-7-18(25)17-20(19)30-15-11-24(3,10-5-2)12-16-30/h4-5,7-9,14,17H,1-2,6,10-13,15-16H2,3H3,(H2,26,27,28,29,31). The van der Waals surface area contributed by atoms with Gasteiger partial charge in [0.15, 0.2) is 0 Å². The van der Waals surface area contributed by atoms with E-state index in [2.05, 4.69) is 74.2 Å². The minimum atomic E-state index is -0.165. The third-order valence-corrected chi connectivity index (χ3v) is 6.35. The number of carbonyl (C=O) groups excluding carboxylic acids is 1. The summed E-state index contributed by atoms with van der Waals surface area (Å²) in [6, 6.07) is 7.65. The van der Waals surface area contributed by atoms with E-state index in [4.69, 9.17) is 0 Å². The van der Waals surface area contributed by atoms with Gasteiger partial charge in [-0.15, -0.1) is 13.2 Å². The van der Waals surface area contributed by atoms with Crippen molar-refractivity contribution in [1.29, 1.82) is 0 Å². The second kappa shape index (κ2) is 10.7. The molecule has 1 saturated heterocycles. The molecule has 0 saturated carbocycles. The van der Waals surface area contributed by atoms with Crippen molar-refractivity contribution in [3.05, 3.63) is 64.9 Å². The normalized spacial score (nSPS) is 15.2. The number of amides is 1. The summed E-state index contributed by atoms with van der Waals surface area (Å²) in [5, 5.41) is 6.06. The number of hydrogen-bond donors (Lipinski definition) is 2. The summed E-state index contributed by atoms with van der Waals surface area (Å²) >= 11 is 2.30. The van der Waals surface area contributed by atoms with Gasteiger partial charge in [-0.2, -0.15) is 4.98 Å². The first-order valence-corrected chi connectivity index (χ1v) is 11.7. The Hall–Kier alpha value is -2.42. The lowest BCUT2D eigenvalue weighted by molar-refractivity contribution is 0.102. The van der Waals surface area contributed by atoms with Crippen molar-refractivity contribution in [3.8, 4) is 0 Å². The van der Waals surface area contributed by atoms with Gasteiger partial charge >= 0.3 is 0 Å². The molecule has 1 fully saturated rings. The van der Waals surface area contributed by atoms with Crippen LogP contribution in [-0.2, 0) is 0 Å². The Morgan fingerprint density at radius 1 is 1.26 bits per heavy atom. The quantitative estimate of drug-likeness (QED) is 0.254. The van der Waals surface area contributed by atoms with Gasteiger partial charge in [0.1, 0.15) is 5.82 Å². The molecule has 0 radical (unpaired) electrons. The van der Waals surface area contributed by atoms with Crippen LogP contribution in [0.3, 0.4) is 0 Å². The number of nitrogens with zero attached hydrogens (tertiary/aromatic N) is 3. The number of hydrogen-bond acceptors (Lipinski definition) is 5. The van der Waals surface area contributed by atoms with Crippen LogP contribution in [-0.4, -0.2) is 35.5 Å². The Balaban J connectivity index is 1.74. The van der Waals surface area contributed by atoms with Gasteiger partial charge in [0.05, 0.1) is 11.3 Å². The van der Waals surface area contributed by atoms with E-state index in [-0.39, 0.29) is 5.91 Å². The molecule has 1 aliphatic heterocycles. The molecule has 31 heavy (non-hydrogen) atoms. The van der Waals surface area contributed by atoms with Crippen molar-refractivity contribution in [3.63, 3.8) is 0 Å². The molecule has 7 heteroatoms. The van der Waals surface area contributed by atoms with Crippen molar-refractivity contribution in [1.82, 2.24) is 9.97 Å². The molecule has 0 unspecified atom stereocenters. The second-order valence-electron chi connectivity index (χ2n) is 8.18. The SMILES string of the molecule is C=CCCNc1nccc(NC(=O)c2ccc(I)cc2N2CCC(C)(CC=C)CC2)n1. The minimum Gasteiger partial charge on any atom is -0.371 e. The van der Waals surface area contributed by atoms with Crippen LogP contribution >= 0.6 is 22.6 Å². The van der Waals surface area contributed by atoms with Gasteiger partial charge in [-0.1, -0.05) is 19.1 Å². The highest BCUT2D eigenvalue weighted by molar-refractivity contribution is 14.1. The Morgan fingerprint density at radius 3 is 2.74 bits per heavy atom. The van der Waals surface area contributed by atoms with Gasteiger partial charge in [0.2, 0.25) is 5.95 Å². The largest absolute Gasteiger partial charge is 0.371 e. The van der Waals surface area contributed by atoms with Crippen LogP contribution in [0.4, 0.5) is 17.5 Å². The summed E-state index contributed by atoms with van der Waals surface area (Å²) in [4.78, 5) is 24.1. The van der Waals surface area contributed by atoms with E-state index in [9.17, 15) is 4.79 Å². The van der Waals surface area contributed by atoms with E-state index in [0.29, 0.717) is 29.3 Å². The van der Waals surface area contributed by atoms with Crippen molar-refractivity contribution in [2.24, 2.45) is 5.41 Å². The summed E-state index contributed by atoms with van der Waals surface area (Å²) in [5.74, 6) is 0.796. The van der Waals surface area contributed by atoms with Crippen LogP contribution in [0.5, 0.6) is 0 Å². The van der Waals surface area contributed by atoms with Crippen LogP contribution < -0.4 is 15.5 Å². The Bertz CT molecular complexity index is 937. The number of allylic oxidation sites excluding steroid dienone is 1. The number of carbonyl (C=O) groups is 1. The van der Waals surface area contributed by atoms with E-state index < -0.39 is 0 Å². The zero-order chi connectivity index (χ0) is 22.3. The first kappa shape index (κ1) is 23.2. The van der Waals surface area contributed by atoms with Gasteiger partial charge in [0, 0.05) is 29.4 Å². The van der Waals surface area contributed by atoms with Crippen molar-refractivity contribution >= 4 is 46.0 Å². The third-order valence-electron chi connectivity index (χ3n) is 5.68. The smallest absolute Gasteiger partial charge is 0.258 e. The van der Waals surface area contributed by atoms with Gasteiger partial charge in [0.25, 0.3) is 5.91 Å². The first-order valence-electron chi connectivity index (χ1n) is 10.6. The fourth-order valence-corrected chi connectivity index (χ4v) is 4.26. The highest BCUT2D eigenvalue weighted by Gasteiger charge is 2.30. The molecule has 1 amide bonds. The van der Waals surface area contributed by atoms with E-state index in [1.165, 1.54) is 0 Å². The predicted octanol–water partition coefficient (Wildman–Crippen LogP) is 5.50. The first-order chi connectivity index (χ1) is 14.9. The number of nitrogens with one attached hydrogen (secondary N) is 2. The molecule has 3 rings (SSSR count). The number of rotatable bonds is 9. The zero-order valence-corrected chi connectivity index (χ0v) is 20.2. The number of benzene rings is 1. The summed E-state index contributed by atoms with van der Waals surface area (Å²) in [6.07, 6.45) is 9.48.